The monoisotopic (exact) mass is 263 g/mol. The van der Waals surface area contributed by atoms with Crippen LogP contribution in [0.2, 0.25) is 0 Å². The fourth-order valence-electron chi connectivity index (χ4n) is 0. The first kappa shape index (κ1) is 6.44. The van der Waals surface area contributed by atoms with Gasteiger partial charge in [0.2, 0.25) is 0 Å². The molecule has 0 N–H and O–H groups in total. The first-order chi connectivity index (χ1) is 2.27. The van der Waals surface area contributed by atoms with Crippen molar-refractivity contribution in [3.63, 3.8) is 0 Å². The Morgan fingerprint density at radius 3 is 1.60 bits per heavy atom. The van der Waals surface area contributed by atoms with Crippen LogP contribution < -0.4 is 0 Å². The van der Waals surface area contributed by atoms with E-state index < -0.39 is 0 Å². The fraction of sp³-hybridized carbons (Fsp3) is 0.500. The molecule has 0 aromatic carbocycles. The van der Waals surface area contributed by atoms with Crippen molar-refractivity contribution in [3.05, 3.63) is 5.33 Å². The predicted octanol–water partition coefficient (Wildman–Crippen LogP) is 2.66. The average Bonchev–Trinajstić information content (AvgIpc) is 1.38. The van der Waals surface area contributed by atoms with E-state index in [4.69, 9.17) is 0 Å². The predicted molar refractivity (Wildman–Crippen MR) is 34.9 cm³/mol. The summed E-state index contributed by atoms with van der Waals surface area (Å²) in [6, 6.07) is 0. The largest absolute Gasteiger partial charge is 0.0856 e. The van der Waals surface area contributed by atoms with E-state index in [1.807, 2.05) is 5.33 Å². The molecule has 0 unspecified atom stereocenters. The first-order valence-corrected chi connectivity index (χ1v) is 3.74. The second kappa shape index (κ2) is 3.62. The highest BCUT2D eigenvalue weighted by atomic mass is 79.9. The van der Waals surface area contributed by atoms with Gasteiger partial charge in [0.05, 0.1) is 9.07 Å². The maximum absolute atomic E-state index is 3.19. The van der Waals surface area contributed by atoms with Crippen LogP contribution in [-0.4, -0.2) is 3.74 Å². The van der Waals surface area contributed by atoms with E-state index in [-0.39, 0.29) is 0 Å². The van der Waals surface area contributed by atoms with Crippen LogP contribution in [0.1, 0.15) is 0 Å². The van der Waals surface area contributed by atoms with Crippen LogP contribution in [-0.2, 0) is 0 Å². The Morgan fingerprint density at radius 1 is 1.40 bits per heavy atom. The molecule has 0 aliphatic heterocycles. The van der Waals surface area contributed by atoms with Crippen molar-refractivity contribution in [2.45, 2.75) is 3.74 Å². The summed E-state index contributed by atoms with van der Waals surface area (Å²) in [6.45, 7) is 0. The zero-order chi connectivity index (χ0) is 4.28. The molecule has 31 valence electrons. The van der Waals surface area contributed by atoms with Gasteiger partial charge in [-0.05, 0) is 0 Å². The lowest BCUT2D eigenvalue weighted by Gasteiger charge is -1.83. The molecule has 5 heavy (non-hydrogen) atoms. The number of hydrogen-bond donors (Lipinski definition) is 0. The van der Waals surface area contributed by atoms with Gasteiger partial charge in [-0.15, -0.1) is 0 Å². The van der Waals surface area contributed by atoms with Crippen molar-refractivity contribution in [1.82, 2.24) is 0 Å². The molecule has 3 heteroatoms. The molecule has 0 aromatic heterocycles. The third kappa shape index (κ3) is 5.44. The Balaban J connectivity index is 2.54. The van der Waals surface area contributed by atoms with Gasteiger partial charge in [0, 0.05) is 0 Å². The van der Waals surface area contributed by atoms with Gasteiger partial charge in [0.1, 0.15) is 0 Å². The molecule has 0 aliphatic rings. The Kier molecular flexibility index (Phi) is 4.67. The highest BCUT2D eigenvalue weighted by molar-refractivity contribution is 9.25. The fourth-order valence-corrected chi connectivity index (χ4v) is 0. The van der Waals surface area contributed by atoms with Crippen LogP contribution in [0, 0.1) is 5.33 Å². The maximum atomic E-state index is 3.19. The summed E-state index contributed by atoms with van der Waals surface area (Å²) >= 11 is 9.47. The van der Waals surface area contributed by atoms with Gasteiger partial charge >= 0.3 is 0 Å². The highest BCUT2D eigenvalue weighted by Gasteiger charge is 1.87. The lowest BCUT2D eigenvalue weighted by atomic mass is 11.0. The molecule has 0 spiro atoms. The Labute approximate surface area is 56.7 Å². The molecule has 0 atom stereocenters. The van der Waals surface area contributed by atoms with Crippen molar-refractivity contribution in [1.29, 1.82) is 0 Å². The van der Waals surface area contributed by atoms with Gasteiger partial charge in [-0.3, -0.25) is 0 Å². The van der Waals surface area contributed by atoms with Gasteiger partial charge in [-0.25, -0.2) is 0 Å². The van der Waals surface area contributed by atoms with Gasteiger partial charge in [0.25, 0.3) is 0 Å². The normalized spacial score (nSPS) is 9.60. The molecule has 0 nitrogen and oxygen atoms in total. The second-order valence-corrected chi connectivity index (χ2v) is 4.19. The lowest BCUT2D eigenvalue weighted by Crippen LogP contribution is -1.70. The van der Waals surface area contributed by atoms with E-state index in [1.165, 1.54) is 0 Å². The Bertz CT molecular complexity index is 18.9. The number of halogens is 3. The molecular formula is C2H2Br3. The minimum Gasteiger partial charge on any atom is -0.0856 e. The standard InChI is InChI=1S/C2H2Br3/c3-1-2(4)5/h1-2H. The molecule has 1 radical (unpaired) electrons. The topological polar surface area (TPSA) is 0 Å². The Hall–Kier alpha value is 1.44. The van der Waals surface area contributed by atoms with Crippen molar-refractivity contribution in [3.8, 4) is 0 Å². The quantitative estimate of drug-likeness (QED) is 0.640. The summed E-state index contributed by atoms with van der Waals surface area (Å²) in [5.74, 6) is 0. The van der Waals surface area contributed by atoms with E-state index in [0.29, 0.717) is 3.74 Å². The minimum absolute atomic E-state index is 0.301. The van der Waals surface area contributed by atoms with Crippen LogP contribution in [0.3, 0.4) is 0 Å². The summed E-state index contributed by atoms with van der Waals surface area (Å²) < 4.78 is 0.301. The van der Waals surface area contributed by atoms with E-state index in [1.54, 1.807) is 0 Å². The SMILES string of the molecule is Br[CH]C(Br)Br. The van der Waals surface area contributed by atoms with Gasteiger partial charge in [0.15, 0.2) is 0 Å². The molecule has 0 aromatic rings. The van der Waals surface area contributed by atoms with E-state index in [9.17, 15) is 0 Å². The lowest BCUT2D eigenvalue weighted by molar-refractivity contribution is 1.73. The second-order valence-electron chi connectivity index (χ2n) is 0.460. The number of alkyl halides is 2. The van der Waals surface area contributed by atoms with Crippen molar-refractivity contribution in [2.75, 3.05) is 0 Å². The van der Waals surface area contributed by atoms with Crippen molar-refractivity contribution < 1.29 is 0 Å². The molecule has 0 saturated heterocycles. The summed E-state index contributed by atoms with van der Waals surface area (Å²) in [7, 11) is 0. The maximum Gasteiger partial charge on any atom is 0.0834 e. The molecule has 0 rings (SSSR count). The summed E-state index contributed by atoms with van der Waals surface area (Å²) in [5, 5.41) is 1.81. The summed E-state index contributed by atoms with van der Waals surface area (Å²) in [5.41, 5.74) is 0. The van der Waals surface area contributed by atoms with Crippen molar-refractivity contribution in [2.24, 2.45) is 0 Å². The highest BCUT2D eigenvalue weighted by Crippen LogP contribution is 2.14. The smallest absolute Gasteiger partial charge is 0.0834 e. The summed E-state index contributed by atoms with van der Waals surface area (Å²) in [6.07, 6.45) is 0. The van der Waals surface area contributed by atoms with Gasteiger partial charge < -0.3 is 0 Å². The zero-order valence-corrected chi connectivity index (χ0v) is 7.05. The van der Waals surface area contributed by atoms with Crippen LogP contribution in [0.4, 0.5) is 0 Å². The molecule has 0 aliphatic carbocycles. The molecule has 0 amide bonds. The minimum atomic E-state index is 0.301. The molecular weight excluding hydrogens is 264 g/mol. The van der Waals surface area contributed by atoms with Crippen LogP contribution in [0.5, 0.6) is 0 Å². The van der Waals surface area contributed by atoms with Crippen molar-refractivity contribution >= 4 is 47.8 Å². The number of hydrogen-bond acceptors (Lipinski definition) is 0. The van der Waals surface area contributed by atoms with Crippen LogP contribution in [0.25, 0.3) is 0 Å². The van der Waals surface area contributed by atoms with Gasteiger partial charge in [-0.2, -0.15) is 0 Å². The van der Waals surface area contributed by atoms with E-state index >= 15 is 0 Å². The zero-order valence-electron chi connectivity index (χ0n) is 2.29. The molecule has 0 bridgehead atoms. The first-order valence-electron chi connectivity index (χ1n) is 0.988. The third-order valence-electron chi connectivity index (χ3n) is 0.0952. The van der Waals surface area contributed by atoms with Gasteiger partial charge in [-0.1, -0.05) is 47.8 Å². The van der Waals surface area contributed by atoms with Crippen LogP contribution >= 0.6 is 47.8 Å². The third-order valence-corrected chi connectivity index (χ3v) is 2.57. The summed E-state index contributed by atoms with van der Waals surface area (Å²) in [4.78, 5) is 0. The van der Waals surface area contributed by atoms with E-state index in [2.05, 4.69) is 47.8 Å². The van der Waals surface area contributed by atoms with E-state index in [0.717, 1.165) is 0 Å². The van der Waals surface area contributed by atoms with Crippen LogP contribution in [0.15, 0.2) is 0 Å². The number of rotatable bonds is 1. The Morgan fingerprint density at radius 2 is 1.60 bits per heavy atom. The molecule has 0 fully saturated rings. The molecule has 0 heterocycles. The molecule has 0 saturated carbocycles. The average molecular weight is 266 g/mol.